The van der Waals surface area contributed by atoms with Crippen molar-refractivity contribution in [1.82, 2.24) is 19.5 Å². The number of fused-ring (bicyclic) bond motifs is 1. The van der Waals surface area contributed by atoms with Crippen molar-refractivity contribution in [3.8, 4) is 0 Å². The van der Waals surface area contributed by atoms with Gasteiger partial charge in [-0.05, 0) is 6.92 Å². The van der Waals surface area contributed by atoms with Crippen LogP contribution in [-0.2, 0) is 25.7 Å². The minimum atomic E-state index is -0.889. The first-order valence-corrected chi connectivity index (χ1v) is 7.07. The second-order valence-electron chi connectivity index (χ2n) is 4.52. The molecule has 2 heterocycles. The Hall–Kier alpha value is -2.30. The van der Waals surface area contributed by atoms with E-state index in [-0.39, 0.29) is 32.3 Å². The summed E-state index contributed by atoms with van der Waals surface area (Å²) in [5, 5.41) is 9.03. The van der Waals surface area contributed by atoms with Crippen LogP contribution in [0.2, 0.25) is 0 Å². The molecule has 3 N–H and O–H groups in total. The Bertz CT molecular complexity index is 647. The van der Waals surface area contributed by atoms with E-state index in [0.717, 1.165) is 0 Å². The molecule has 1 atom stereocenters. The average Bonchev–Trinajstić information content (AvgIpc) is 2.93. The summed E-state index contributed by atoms with van der Waals surface area (Å²) >= 11 is 0. The van der Waals surface area contributed by atoms with E-state index in [9.17, 15) is 4.79 Å². The average molecular weight is 325 g/mol. The van der Waals surface area contributed by atoms with E-state index in [1.165, 1.54) is 12.5 Å². The first kappa shape index (κ1) is 17.1. The highest BCUT2D eigenvalue weighted by Gasteiger charge is 2.15. The highest BCUT2D eigenvalue weighted by atomic mass is 16.7. The number of rotatable bonds is 9. The molecule has 10 heteroatoms. The SMILES string of the molecule is CCOCC(=O)OC(CCO)OCn1cnc2nc(N)ncc21. The van der Waals surface area contributed by atoms with E-state index >= 15 is 0 Å². The van der Waals surface area contributed by atoms with Crippen LogP contribution in [0.5, 0.6) is 0 Å². The number of carbonyl (C=O) groups is 1. The quantitative estimate of drug-likeness (QED) is 0.469. The molecule has 1 unspecified atom stereocenters. The molecule has 0 bridgehead atoms. The number of aliphatic hydroxyl groups excluding tert-OH is 1. The number of nitrogen functional groups attached to an aromatic ring is 1. The number of anilines is 1. The maximum absolute atomic E-state index is 11.5. The van der Waals surface area contributed by atoms with Gasteiger partial charge in [0, 0.05) is 19.6 Å². The number of ether oxygens (including phenoxy) is 3. The lowest BCUT2D eigenvalue weighted by Gasteiger charge is -2.18. The molecule has 0 saturated carbocycles. The molecule has 0 saturated heterocycles. The number of aromatic nitrogens is 4. The summed E-state index contributed by atoms with van der Waals surface area (Å²) in [7, 11) is 0. The van der Waals surface area contributed by atoms with Crippen molar-refractivity contribution in [3.63, 3.8) is 0 Å². The Morgan fingerprint density at radius 1 is 1.48 bits per heavy atom. The molecule has 10 nitrogen and oxygen atoms in total. The van der Waals surface area contributed by atoms with Crippen LogP contribution in [0, 0.1) is 0 Å². The normalized spacial score (nSPS) is 12.4. The zero-order valence-corrected chi connectivity index (χ0v) is 12.7. The standard InChI is InChI=1S/C13H19N5O5/c1-2-21-6-10(20)23-11(3-4-19)22-8-18-7-16-12-9(18)5-15-13(14)17-12/h5,7,11,19H,2-4,6,8H2,1H3,(H2,14,15,17). The molecule has 23 heavy (non-hydrogen) atoms. The lowest BCUT2D eigenvalue weighted by atomic mass is 10.4. The monoisotopic (exact) mass is 325 g/mol. The van der Waals surface area contributed by atoms with Gasteiger partial charge in [-0.2, -0.15) is 4.98 Å². The van der Waals surface area contributed by atoms with Crippen LogP contribution in [0.1, 0.15) is 13.3 Å². The van der Waals surface area contributed by atoms with Gasteiger partial charge in [0.15, 0.2) is 5.65 Å². The Labute approximate surface area is 132 Å². The Balaban J connectivity index is 1.95. The van der Waals surface area contributed by atoms with Gasteiger partial charge in [0.2, 0.25) is 12.2 Å². The van der Waals surface area contributed by atoms with Crippen LogP contribution in [0.15, 0.2) is 12.5 Å². The molecule has 0 radical (unpaired) electrons. The largest absolute Gasteiger partial charge is 0.434 e. The molecular formula is C13H19N5O5. The minimum Gasteiger partial charge on any atom is -0.434 e. The number of nitrogens with zero attached hydrogens (tertiary/aromatic N) is 4. The predicted octanol–water partition coefficient (Wildman–Crippen LogP) is -0.329. The number of nitrogens with two attached hydrogens (primary N) is 1. The summed E-state index contributed by atoms with van der Waals surface area (Å²) in [6.07, 6.45) is 2.29. The maximum atomic E-state index is 11.5. The molecule has 0 fully saturated rings. The summed E-state index contributed by atoms with van der Waals surface area (Å²) in [4.78, 5) is 23.5. The van der Waals surface area contributed by atoms with Gasteiger partial charge < -0.3 is 29.6 Å². The van der Waals surface area contributed by atoms with E-state index in [2.05, 4.69) is 15.0 Å². The Morgan fingerprint density at radius 3 is 3.04 bits per heavy atom. The molecule has 0 aliphatic carbocycles. The number of hydrogen-bond donors (Lipinski definition) is 2. The third kappa shape index (κ3) is 4.84. The van der Waals surface area contributed by atoms with Crippen LogP contribution in [0.4, 0.5) is 5.95 Å². The number of imidazole rings is 1. The van der Waals surface area contributed by atoms with E-state index in [1.807, 2.05) is 0 Å². The van der Waals surface area contributed by atoms with Crippen molar-refractivity contribution in [2.75, 3.05) is 25.6 Å². The van der Waals surface area contributed by atoms with E-state index < -0.39 is 12.3 Å². The molecule has 0 aliphatic heterocycles. The number of esters is 1. The van der Waals surface area contributed by atoms with Gasteiger partial charge in [0.05, 0.1) is 12.5 Å². The van der Waals surface area contributed by atoms with Crippen LogP contribution in [0.25, 0.3) is 11.2 Å². The lowest BCUT2D eigenvalue weighted by Crippen LogP contribution is -2.26. The first-order valence-electron chi connectivity index (χ1n) is 7.07. The fourth-order valence-electron chi connectivity index (χ4n) is 1.78. The topological polar surface area (TPSA) is 135 Å². The molecule has 126 valence electrons. The van der Waals surface area contributed by atoms with Crippen molar-refractivity contribution in [1.29, 1.82) is 0 Å². The third-order valence-electron chi connectivity index (χ3n) is 2.85. The van der Waals surface area contributed by atoms with Gasteiger partial charge in [0.1, 0.15) is 18.9 Å². The summed E-state index contributed by atoms with van der Waals surface area (Å²) in [6, 6.07) is 0. The molecule has 2 aromatic rings. The Morgan fingerprint density at radius 2 is 2.30 bits per heavy atom. The first-order chi connectivity index (χ1) is 11.1. The maximum Gasteiger partial charge on any atom is 0.334 e. The van der Waals surface area contributed by atoms with Crippen LogP contribution in [0.3, 0.4) is 0 Å². The van der Waals surface area contributed by atoms with Crippen LogP contribution < -0.4 is 5.73 Å². The predicted molar refractivity (Wildman–Crippen MR) is 78.9 cm³/mol. The molecule has 0 aliphatic rings. The Kier molecular flexibility index (Phi) is 6.20. The number of carbonyl (C=O) groups excluding carboxylic acids is 1. The minimum absolute atomic E-state index is 0.0519. The molecule has 0 aromatic carbocycles. The smallest absolute Gasteiger partial charge is 0.334 e. The fourth-order valence-corrected chi connectivity index (χ4v) is 1.78. The molecule has 2 rings (SSSR count). The van der Waals surface area contributed by atoms with Gasteiger partial charge in [-0.1, -0.05) is 0 Å². The van der Waals surface area contributed by atoms with Gasteiger partial charge in [-0.15, -0.1) is 0 Å². The van der Waals surface area contributed by atoms with Crippen LogP contribution >= 0.6 is 0 Å². The summed E-state index contributed by atoms with van der Waals surface area (Å²) < 4.78 is 17.2. The summed E-state index contributed by atoms with van der Waals surface area (Å²) in [6.45, 7) is 1.88. The van der Waals surface area contributed by atoms with Crippen LogP contribution in [-0.4, -0.2) is 56.7 Å². The third-order valence-corrected chi connectivity index (χ3v) is 2.85. The van der Waals surface area contributed by atoms with Crippen molar-refractivity contribution in [2.24, 2.45) is 0 Å². The van der Waals surface area contributed by atoms with Crippen molar-refractivity contribution < 1.29 is 24.1 Å². The van der Waals surface area contributed by atoms with Crippen molar-refractivity contribution in [3.05, 3.63) is 12.5 Å². The zero-order chi connectivity index (χ0) is 16.7. The van der Waals surface area contributed by atoms with Gasteiger partial charge >= 0.3 is 5.97 Å². The zero-order valence-electron chi connectivity index (χ0n) is 12.7. The van der Waals surface area contributed by atoms with Gasteiger partial charge in [-0.25, -0.2) is 14.8 Å². The summed E-state index contributed by atoms with van der Waals surface area (Å²) in [5.41, 5.74) is 6.56. The van der Waals surface area contributed by atoms with E-state index in [0.29, 0.717) is 17.8 Å². The highest BCUT2D eigenvalue weighted by Crippen LogP contribution is 2.11. The lowest BCUT2D eigenvalue weighted by molar-refractivity contribution is -0.193. The second kappa shape index (κ2) is 8.36. The molecular weight excluding hydrogens is 306 g/mol. The molecule has 2 aromatic heterocycles. The van der Waals surface area contributed by atoms with Gasteiger partial charge in [0.25, 0.3) is 0 Å². The second-order valence-corrected chi connectivity index (χ2v) is 4.52. The molecule has 0 spiro atoms. The molecule has 0 amide bonds. The van der Waals surface area contributed by atoms with Gasteiger partial charge in [-0.3, -0.25) is 0 Å². The van der Waals surface area contributed by atoms with Crippen molar-refractivity contribution >= 4 is 23.1 Å². The van der Waals surface area contributed by atoms with E-state index in [1.54, 1.807) is 11.5 Å². The number of hydrogen-bond acceptors (Lipinski definition) is 9. The fraction of sp³-hybridized carbons (Fsp3) is 0.538. The number of aliphatic hydroxyl groups is 1. The van der Waals surface area contributed by atoms with Crippen molar-refractivity contribution in [2.45, 2.75) is 26.4 Å². The van der Waals surface area contributed by atoms with E-state index in [4.69, 9.17) is 25.1 Å². The summed E-state index contributed by atoms with van der Waals surface area (Å²) in [5.74, 6) is -0.427. The highest BCUT2D eigenvalue weighted by molar-refractivity contribution is 5.71.